The van der Waals surface area contributed by atoms with E-state index in [1.165, 1.54) is 9.08 Å². The second kappa shape index (κ2) is 6.73. The Morgan fingerprint density at radius 2 is 2.33 bits per heavy atom. The van der Waals surface area contributed by atoms with Crippen LogP contribution in [0.3, 0.4) is 0 Å². The number of halogens is 1. The Hall–Kier alpha value is -1.86. The van der Waals surface area contributed by atoms with Gasteiger partial charge in [0.15, 0.2) is 5.65 Å². The zero-order chi connectivity index (χ0) is 13.9. The van der Waals surface area contributed by atoms with E-state index in [4.69, 9.17) is 0 Å². The van der Waals surface area contributed by atoms with Gasteiger partial charge in [-0.2, -0.15) is 0 Å². The van der Waals surface area contributed by atoms with Gasteiger partial charge in [-0.05, 0) is 31.5 Å². The third-order valence-corrected chi connectivity index (χ3v) is 3.44. The molecule has 21 heavy (non-hydrogen) atoms. The third kappa shape index (κ3) is 3.43. The molecule has 2 aromatic rings. The van der Waals surface area contributed by atoms with Gasteiger partial charge < -0.3 is 10.6 Å². The van der Waals surface area contributed by atoms with E-state index in [9.17, 15) is 9.59 Å². The van der Waals surface area contributed by atoms with Crippen LogP contribution in [-0.4, -0.2) is 39.2 Å². The van der Waals surface area contributed by atoms with Crippen LogP contribution in [-0.2, 0) is 11.3 Å². The number of piperidine rings is 1. The molecule has 3 rings (SSSR count). The number of aromatic nitrogens is 3. The van der Waals surface area contributed by atoms with Crippen molar-refractivity contribution in [1.82, 2.24) is 24.8 Å². The highest BCUT2D eigenvalue weighted by Gasteiger charge is 2.16. The van der Waals surface area contributed by atoms with Crippen molar-refractivity contribution in [2.24, 2.45) is 0 Å². The lowest BCUT2D eigenvalue weighted by Gasteiger charge is -2.23. The molecule has 0 spiro atoms. The summed E-state index contributed by atoms with van der Waals surface area (Å²) in [7, 11) is 0. The van der Waals surface area contributed by atoms with Crippen molar-refractivity contribution < 1.29 is 4.79 Å². The SMILES string of the molecule is Cl.O=C(Cn1nc2ccccn2c1=O)NC1CCCNC1. The average molecular weight is 312 g/mol. The first-order valence-electron chi connectivity index (χ1n) is 6.78. The molecule has 1 saturated heterocycles. The molecule has 1 unspecified atom stereocenters. The molecule has 0 aliphatic carbocycles. The molecule has 1 atom stereocenters. The number of carbonyl (C=O) groups excluding carboxylic acids is 1. The van der Waals surface area contributed by atoms with Crippen LogP contribution in [0.2, 0.25) is 0 Å². The van der Waals surface area contributed by atoms with Crippen molar-refractivity contribution in [3.8, 4) is 0 Å². The van der Waals surface area contributed by atoms with Crippen molar-refractivity contribution in [1.29, 1.82) is 0 Å². The lowest BCUT2D eigenvalue weighted by molar-refractivity contribution is -0.122. The fourth-order valence-electron chi connectivity index (χ4n) is 2.46. The van der Waals surface area contributed by atoms with Crippen LogP contribution >= 0.6 is 12.4 Å². The molecule has 2 aromatic heterocycles. The van der Waals surface area contributed by atoms with Crippen LogP contribution in [0.25, 0.3) is 5.65 Å². The second-order valence-electron chi connectivity index (χ2n) is 4.98. The van der Waals surface area contributed by atoms with Crippen molar-refractivity contribution in [3.63, 3.8) is 0 Å². The fraction of sp³-hybridized carbons (Fsp3) is 0.462. The number of nitrogens with zero attached hydrogens (tertiary/aromatic N) is 3. The molecular formula is C13H18ClN5O2. The number of pyridine rings is 1. The summed E-state index contributed by atoms with van der Waals surface area (Å²) in [5, 5.41) is 10.3. The number of fused-ring (bicyclic) bond motifs is 1. The summed E-state index contributed by atoms with van der Waals surface area (Å²) in [5.74, 6) is -0.177. The number of amides is 1. The van der Waals surface area contributed by atoms with E-state index in [1.54, 1.807) is 24.4 Å². The van der Waals surface area contributed by atoms with E-state index in [-0.39, 0.29) is 36.6 Å². The lowest BCUT2D eigenvalue weighted by atomic mass is 10.1. The van der Waals surface area contributed by atoms with Gasteiger partial charge in [-0.3, -0.25) is 9.20 Å². The van der Waals surface area contributed by atoms with Crippen LogP contribution in [0.5, 0.6) is 0 Å². The predicted molar refractivity (Wildman–Crippen MR) is 80.7 cm³/mol. The van der Waals surface area contributed by atoms with Crippen LogP contribution in [0.15, 0.2) is 29.2 Å². The average Bonchev–Trinajstić information content (AvgIpc) is 2.77. The normalized spacial score (nSPS) is 18.2. The third-order valence-electron chi connectivity index (χ3n) is 3.44. The standard InChI is InChI=1S/C13H17N5O2.ClH/c19-12(15-10-4-3-6-14-8-10)9-18-13(20)17-7-2-1-5-11(17)16-18;/h1-2,5,7,10,14H,3-4,6,8-9H2,(H,15,19);1H. The Morgan fingerprint density at radius 1 is 1.48 bits per heavy atom. The van der Waals surface area contributed by atoms with E-state index in [1.807, 2.05) is 0 Å². The van der Waals surface area contributed by atoms with Crippen molar-refractivity contribution in [3.05, 3.63) is 34.9 Å². The fourth-order valence-corrected chi connectivity index (χ4v) is 2.46. The van der Waals surface area contributed by atoms with E-state index in [2.05, 4.69) is 15.7 Å². The molecule has 2 N–H and O–H groups in total. The molecule has 7 nitrogen and oxygen atoms in total. The molecule has 3 heterocycles. The van der Waals surface area contributed by atoms with Crippen molar-refractivity contribution in [2.45, 2.75) is 25.4 Å². The van der Waals surface area contributed by atoms with Gasteiger partial charge in [0, 0.05) is 18.8 Å². The summed E-state index contributed by atoms with van der Waals surface area (Å²) in [6, 6.07) is 5.44. The van der Waals surface area contributed by atoms with Gasteiger partial charge >= 0.3 is 5.69 Å². The Morgan fingerprint density at radius 3 is 3.05 bits per heavy atom. The number of carbonyl (C=O) groups is 1. The van der Waals surface area contributed by atoms with E-state index in [0.717, 1.165) is 25.9 Å². The zero-order valence-electron chi connectivity index (χ0n) is 11.5. The summed E-state index contributed by atoms with van der Waals surface area (Å²) < 4.78 is 2.62. The Labute approximate surface area is 127 Å². The predicted octanol–water partition coefficient (Wildman–Crippen LogP) is -0.214. The Bertz CT molecular complexity index is 674. The van der Waals surface area contributed by atoms with Crippen LogP contribution in [0.1, 0.15) is 12.8 Å². The molecule has 0 aromatic carbocycles. The topological polar surface area (TPSA) is 80.4 Å². The Balaban J connectivity index is 0.00000161. The highest BCUT2D eigenvalue weighted by molar-refractivity contribution is 5.85. The summed E-state index contributed by atoms with van der Waals surface area (Å²) in [6.45, 7) is 1.74. The number of hydrogen-bond acceptors (Lipinski definition) is 4. The molecule has 0 radical (unpaired) electrons. The molecule has 1 amide bonds. The van der Waals surface area contributed by atoms with Crippen LogP contribution in [0.4, 0.5) is 0 Å². The van der Waals surface area contributed by atoms with Gasteiger partial charge in [0.25, 0.3) is 0 Å². The summed E-state index contributed by atoms with van der Waals surface area (Å²) in [4.78, 5) is 24.0. The molecular weight excluding hydrogens is 294 g/mol. The first kappa shape index (κ1) is 15.5. The van der Waals surface area contributed by atoms with Gasteiger partial charge in [-0.1, -0.05) is 6.07 Å². The largest absolute Gasteiger partial charge is 0.350 e. The van der Waals surface area contributed by atoms with Gasteiger partial charge in [-0.15, -0.1) is 17.5 Å². The minimum absolute atomic E-state index is 0. The van der Waals surface area contributed by atoms with Gasteiger partial charge in [0.1, 0.15) is 6.54 Å². The van der Waals surface area contributed by atoms with Gasteiger partial charge in [0.05, 0.1) is 0 Å². The first-order valence-corrected chi connectivity index (χ1v) is 6.78. The van der Waals surface area contributed by atoms with E-state index >= 15 is 0 Å². The minimum Gasteiger partial charge on any atom is -0.350 e. The lowest BCUT2D eigenvalue weighted by Crippen LogP contribution is -2.47. The van der Waals surface area contributed by atoms with Crippen molar-refractivity contribution in [2.75, 3.05) is 13.1 Å². The van der Waals surface area contributed by atoms with E-state index in [0.29, 0.717) is 5.65 Å². The maximum Gasteiger partial charge on any atom is 0.350 e. The summed E-state index contributed by atoms with van der Waals surface area (Å²) in [6.07, 6.45) is 3.67. The molecule has 1 fully saturated rings. The monoisotopic (exact) mass is 311 g/mol. The molecule has 1 aliphatic rings. The molecule has 1 aliphatic heterocycles. The van der Waals surface area contributed by atoms with Crippen LogP contribution in [0, 0.1) is 0 Å². The highest BCUT2D eigenvalue weighted by atomic mass is 35.5. The maximum atomic E-state index is 12.0. The highest BCUT2D eigenvalue weighted by Crippen LogP contribution is 2.01. The smallest absolute Gasteiger partial charge is 0.350 e. The van der Waals surface area contributed by atoms with Crippen LogP contribution < -0.4 is 16.3 Å². The quantitative estimate of drug-likeness (QED) is 0.822. The molecule has 0 bridgehead atoms. The number of nitrogens with one attached hydrogen (secondary N) is 2. The maximum absolute atomic E-state index is 12.0. The summed E-state index contributed by atoms with van der Waals surface area (Å²) >= 11 is 0. The molecule has 0 saturated carbocycles. The van der Waals surface area contributed by atoms with Gasteiger partial charge in [-0.25, -0.2) is 9.48 Å². The molecule has 114 valence electrons. The van der Waals surface area contributed by atoms with Gasteiger partial charge in [0.2, 0.25) is 5.91 Å². The molecule has 8 heteroatoms. The number of hydrogen-bond donors (Lipinski definition) is 2. The summed E-state index contributed by atoms with van der Waals surface area (Å²) in [5.41, 5.74) is 0.252. The zero-order valence-corrected chi connectivity index (χ0v) is 12.3. The first-order chi connectivity index (χ1) is 9.74. The van der Waals surface area contributed by atoms with Crippen molar-refractivity contribution >= 4 is 24.0 Å². The number of rotatable bonds is 3. The van der Waals surface area contributed by atoms with E-state index < -0.39 is 0 Å². The Kier molecular flexibility index (Phi) is 4.98. The minimum atomic E-state index is -0.294. The second-order valence-corrected chi connectivity index (χ2v) is 4.98.